The maximum absolute atomic E-state index is 12.3. The van der Waals surface area contributed by atoms with E-state index >= 15 is 0 Å². The van der Waals surface area contributed by atoms with Gasteiger partial charge in [-0.3, -0.25) is 4.79 Å². The largest absolute Gasteiger partial charge is 0.497 e. The number of rotatable bonds is 3. The van der Waals surface area contributed by atoms with Crippen molar-refractivity contribution < 1.29 is 9.53 Å². The van der Waals surface area contributed by atoms with Crippen molar-refractivity contribution in [2.75, 3.05) is 12.4 Å². The number of fused-ring (bicyclic) bond motifs is 2. The summed E-state index contributed by atoms with van der Waals surface area (Å²) in [4.78, 5) is 12.3. The molecule has 2 aliphatic rings. The van der Waals surface area contributed by atoms with Gasteiger partial charge in [-0.2, -0.15) is 0 Å². The fraction of sp³-hybridized carbons (Fsp3) is 0.533. The van der Waals surface area contributed by atoms with Gasteiger partial charge in [-0.1, -0.05) is 12.5 Å². The zero-order valence-electron chi connectivity index (χ0n) is 10.7. The Morgan fingerprint density at radius 1 is 1.33 bits per heavy atom. The molecule has 2 saturated carbocycles. The van der Waals surface area contributed by atoms with Gasteiger partial charge in [-0.15, -0.1) is 0 Å². The first kappa shape index (κ1) is 11.6. The maximum Gasteiger partial charge on any atom is 0.227 e. The molecule has 3 atom stereocenters. The minimum atomic E-state index is 0.190. The first-order valence-electron chi connectivity index (χ1n) is 6.71. The first-order valence-corrected chi connectivity index (χ1v) is 6.71. The Hall–Kier alpha value is -1.51. The van der Waals surface area contributed by atoms with Gasteiger partial charge >= 0.3 is 0 Å². The minimum absolute atomic E-state index is 0.190. The molecular weight excluding hydrogens is 226 g/mol. The van der Waals surface area contributed by atoms with Crippen LogP contribution in [0.15, 0.2) is 24.3 Å². The molecule has 2 aliphatic carbocycles. The number of benzene rings is 1. The Morgan fingerprint density at radius 3 is 2.89 bits per heavy atom. The van der Waals surface area contributed by atoms with Crippen molar-refractivity contribution in [1.82, 2.24) is 0 Å². The molecule has 1 N–H and O–H groups in total. The normalized spacial score (nSPS) is 29.3. The van der Waals surface area contributed by atoms with Crippen molar-refractivity contribution >= 4 is 11.6 Å². The van der Waals surface area contributed by atoms with Gasteiger partial charge in [0.05, 0.1) is 7.11 Å². The monoisotopic (exact) mass is 245 g/mol. The predicted octanol–water partition coefficient (Wildman–Crippen LogP) is 3.07. The van der Waals surface area contributed by atoms with Gasteiger partial charge in [0.25, 0.3) is 0 Å². The Morgan fingerprint density at radius 2 is 2.22 bits per heavy atom. The van der Waals surface area contributed by atoms with E-state index in [9.17, 15) is 4.79 Å². The topological polar surface area (TPSA) is 38.3 Å². The molecule has 3 heteroatoms. The van der Waals surface area contributed by atoms with Crippen LogP contribution in [0.3, 0.4) is 0 Å². The lowest BCUT2D eigenvalue weighted by molar-refractivity contribution is -0.121. The van der Waals surface area contributed by atoms with Gasteiger partial charge in [-0.05, 0) is 43.2 Å². The summed E-state index contributed by atoms with van der Waals surface area (Å²) in [5, 5.41) is 3.02. The second kappa shape index (κ2) is 4.63. The highest BCUT2D eigenvalue weighted by Gasteiger charge is 2.42. The molecule has 2 fully saturated rings. The second-order valence-corrected chi connectivity index (χ2v) is 5.50. The van der Waals surface area contributed by atoms with Crippen LogP contribution in [-0.4, -0.2) is 13.0 Å². The number of anilines is 1. The van der Waals surface area contributed by atoms with Crippen LogP contribution >= 0.6 is 0 Å². The molecular formula is C15H19NO2. The SMILES string of the molecule is COc1cccc(NC(=O)[C@@H]2C[C@@H]3CC[C@@H]2C3)c1. The highest BCUT2D eigenvalue weighted by atomic mass is 16.5. The van der Waals surface area contributed by atoms with Crippen LogP contribution in [-0.2, 0) is 4.79 Å². The average Bonchev–Trinajstić information content (AvgIpc) is 3.01. The van der Waals surface area contributed by atoms with E-state index in [4.69, 9.17) is 4.74 Å². The summed E-state index contributed by atoms with van der Waals surface area (Å²) < 4.78 is 5.16. The second-order valence-electron chi connectivity index (χ2n) is 5.50. The summed E-state index contributed by atoms with van der Waals surface area (Å²) in [6.07, 6.45) is 4.91. The molecule has 0 unspecified atom stereocenters. The lowest BCUT2D eigenvalue weighted by Crippen LogP contribution is -2.27. The molecule has 0 heterocycles. The number of carbonyl (C=O) groups is 1. The van der Waals surface area contributed by atoms with Gasteiger partial charge in [0, 0.05) is 17.7 Å². The summed E-state index contributed by atoms with van der Waals surface area (Å²) in [5.41, 5.74) is 0.835. The fourth-order valence-electron chi connectivity index (χ4n) is 3.50. The number of carbonyl (C=O) groups excluding carboxylic acids is 1. The van der Waals surface area contributed by atoms with Gasteiger partial charge in [0.1, 0.15) is 5.75 Å². The third kappa shape index (κ3) is 2.09. The van der Waals surface area contributed by atoms with E-state index in [1.54, 1.807) is 7.11 Å². The fourth-order valence-corrected chi connectivity index (χ4v) is 3.50. The highest BCUT2D eigenvalue weighted by molar-refractivity contribution is 5.93. The smallest absolute Gasteiger partial charge is 0.227 e. The van der Waals surface area contributed by atoms with Gasteiger partial charge < -0.3 is 10.1 Å². The first-order chi connectivity index (χ1) is 8.76. The molecule has 2 bridgehead atoms. The number of methoxy groups -OCH3 is 1. The Kier molecular flexibility index (Phi) is 2.98. The third-order valence-corrected chi connectivity index (χ3v) is 4.41. The summed E-state index contributed by atoms with van der Waals surface area (Å²) in [7, 11) is 1.64. The maximum atomic E-state index is 12.3. The van der Waals surface area contributed by atoms with Crippen LogP contribution in [0.5, 0.6) is 5.75 Å². The number of hydrogen-bond acceptors (Lipinski definition) is 2. The average molecular weight is 245 g/mol. The summed E-state index contributed by atoms with van der Waals surface area (Å²) in [6, 6.07) is 7.56. The molecule has 3 rings (SSSR count). The molecule has 0 aliphatic heterocycles. The van der Waals surface area contributed by atoms with Crippen molar-refractivity contribution in [2.45, 2.75) is 25.7 Å². The third-order valence-electron chi connectivity index (χ3n) is 4.41. The van der Waals surface area contributed by atoms with Crippen molar-refractivity contribution in [2.24, 2.45) is 17.8 Å². The molecule has 96 valence electrons. The summed E-state index contributed by atoms with van der Waals surface area (Å²) in [5.74, 6) is 2.63. The number of ether oxygens (including phenoxy) is 1. The van der Waals surface area contributed by atoms with E-state index in [0.717, 1.165) is 23.8 Å². The molecule has 1 aromatic carbocycles. The van der Waals surface area contributed by atoms with Gasteiger partial charge in [0.15, 0.2) is 0 Å². The van der Waals surface area contributed by atoms with Crippen molar-refractivity contribution in [3.05, 3.63) is 24.3 Å². The Balaban J connectivity index is 1.67. The lowest BCUT2D eigenvalue weighted by atomic mass is 9.88. The zero-order valence-corrected chi connectivity index (χ0v) is 10.7. The molecule has 0 radical (unpaired) electrons. The molecule has 0 aromatic heterocycles. The molecule has 3 nitrogen and oxygen atoms in total. The number of hydrogen-bond donors (Lipinski definition) is 1. The lowest BCUT2D eigenvalue weighted by Gasteiger charge is -2.20. The minimum Gasteiger partial charge on any atom is -0.497 e. The van der Waals surface area contributed by atoms with E-state index in [0.29, 0.717) is 5.92 Å². The van der Waals surface area contributed by atoms with Crippen molar-refractivity contribution in [1.29, 1.82) is 0 Å². The zero-order chi connectivity index (χ0) is 12.5. The number of nitrogens with one attached hydrogen (secondary N) is 1. The molecule has 18 heavy (non-hydrogen) atoms. The number of amides is 1. The van der Waals surface area contributed by atoms with Crippen LogP contribution < -0.4 is 10.1 Å². The van der Waals surface area contributed by atoms with Crippen LogP contribution in [0.4, 0.5) is 5.69 Å². The molecule has 1 amide bonds. The molecule has 0 saturated heterocycles. The quantitative estimate of drug-likeness (QED) is 0.888. The Labute approximate surface area is 108 Å². The van der Waals surface area contributed by atoms with E-state index in [1.165, 1.54) is 19.3 Å². The predicted molar refractivity (Wildman–Crippen MR) is 70.6 cm³/mol. The van der Waals surface area contributed by atoms with E-state index in [-0.39, 0.29) is 11.8 Å². The van der Waals surface area contributed by atoms with Crippen LogP contribution in [0.1, 0.15) is 25.7 Å². The molecule has 0 spiro atoms. The van der Waals surface area contributed by atoms with E-state index < -0.39 is 0 Å². The standard InChI is InChI=1S/C15H19NO2/c1-18-13-4-2-3-12(9-13)16-15(17)14-8-10-5-6-11(14)7-10/h2-4,9-11,14H,5-8H2,1H3,(H,16,17)/t10-,11-,14-/m1/s1. The summed E-state index contributed by atoms with van der Waals surface area (Å²) in [6.45, 7) is 0. The van der Waals surface area contributed by atoms with Crippen LogP contribution in [0.2, 0.25) is 0 Å². The summed E-state index contributed by atoms with van der Waals surface area (Å²) >= 11 is 0. The van der Waals surface area contributed by atoms with Crippen LogP contribution in [0.25, 0.3) is 0 Å². The Bertz CT molecular complexity index is 458. The van der Waals surface area contributed by atoms with E-state index in [1.807, 2.05) is 24.3 Å². The van der Waals surface area contributed by atoms with Gasteiger partial charge in [-0.25, -0.2) is 0 Å². The molecule has 1 aromatic rings. The van der Waals surface area contributed by atoms with Crippen molar-refractivity contribution in [3.63, 3.8) is 0 Å². The highest BCUT2D eigenvalue weighted by Crippen LogP contribution is 2.48. The van der Waals surface area contributed by atoms with E-state index in [2.05, 4.69) is 5.32 Å². The van der Waals surface area contributed by atoms with Gasteiger partial charge in [0.2, 0.25) is 5.91 Å². The van der Waals surface area contributed by atoms with Crippen LogP contribution in [0, 0.1) is 17.8 Å². The van der Waals surface area contributed by atoms with Crippen molar-refractivity contribution in [3.8, 4) is 5.75 Å².